The second-order valence-corrected chi connectivity index (χ2v) is 11.7. The lowest BCUT2D eigenvalue weighted by molar-refractivity contribution is -0.151. The molecule has 0 aliphatic heterocycles. The van der Waals surface area contributed by atoms with Crippen LogP contribution in [0.3, 0.4) is 0 Å². The van der Waals surface area contributed by atoms with Gasteiger partial charge in [0.05, 0.1) is 10.7 Å². The smallest absolute Gasteiger partial charge is 0.325 e. The molecule has 12 nitrogen and oxygen atoms in total. The molecule has 0 spiro atoms. The number of ether oxygens (including phenoxy) is 1. The molecule has 0 bridgehead atoms. The summed E-state index contributed by atoms with van der Waals surface area (Å²) >= 11 is 6.03. The molecule has 6 N–H and O–H groups in total. The van der Waals surface area contributed by atoms with Gasteiger partial charge in [-0.05, 0) is 29.2 Å². The van der Waals surface area contributed by atoms with Crippen molar-refractivity contribution in [2.24, 2.45) is 5.41 Å². The van der Waals surface area contributed by atoms with Gasteiger partial charge in [-0.15, -0.1) is 0 Å². The Morgan fingerprint density at radius 2 is 1.52 bits per heavy atom. The summed E-state index contributed by atoms with van der Waals surface area (Å²) in [5, 5.41) is 14.7. The minimum Gasteiger partial charge on any atom is -0.480 e. The van der Waals surface area contributed by atoms with E-state index in [-0.39, 0.29) is 32.9 Å². The van der Waals surface area contributed by atoms with E-state index >= 15 is 0 Å². The fourth-order valence-corrected chi connectivity index (χ4v) is 4.32. The van der Waals surface area contributed by atoms with Crippen molar-refractivity contribution in [3.8, 4) is 5.75 Å². The maximum Gasteiger partial charge on any atom is 0.325 e. The van der Waals surface area contributed by atoms with Crippen molar-refractivity contribution in [2.45, 2.75) is 32.9 Å². The number of carbonyl (C=O) groups excluding carboxylic acids is 4. The average Bonchev–Trinajstić information content (AvgIpc) is 3.01. The number of nitrogens with one attached hydrogen (secondary N) is 3. The van der Waals surface area contributed by atoms with Crippen LogP contribution in [0, 0.1) is 28.7 Å². The third-order valence-electron chi connectivity index (χ3n) is 6.60. The normalized spacial score (nSPS) is 12.3. The average molecular weight is 696 g/mol. The summed E-state index contributed by atoms with van der Waals surface area (Å²) in [5.74, 6) is -14.9. The van der Waals surface area contributed by atoms with Gasteiger partial charge < -0.3 is 26.2 Å². The van der Waals surface area contributed by atoms with Gasteiger partial charge in [-0.1, -0.05) is 62.7 Å². The molecule has 0 aliphatic carbocycles. The summed E-state index contributed by atoms with van der Waals surface area (Å²) in [7, 11) is 0. The van der Waals surface area contributed by atoms with Gasteiger partial charge in [0.1, 0.15) is 18.6 Å². The highest BCUT2D eigenvalue weighted by atomic mass is 35.5. The van der Waals surface area contributed by atoms with E-state index in [4.69, 9.17) is 17.3 Å². The summed E-state index contributed by atoms with van der Waals surface area (Å²) in [6.07, 6.45) is 0. The van der Waals surface area contributed by atoms with E-state index in [1.165, 1.54) is 42.5 Å². The number of benzene rings is 3. The lowest BCUT2D eigenvalue weighted by atomic mass is 9.85. The van der Waals surface area contributed by atoms with E-state index in [9.17, 15) is 46.6 Å². The highest BCUT2D eigenvalue weighted by Gasteiger charge is 2.36. The van der Waals surface area contributed by atoms with Crippen LogP contribution in [0.4, 0.5) is 23.2 Å². The number of halogens is 5. The lowest BCUT2D eigenvalue weighted by Gasteiger charge is -2.32. The molecule has 0 aromatic heterocycles. The van der Waals surface area contributed by atoms with Crippen molar-refractivity contribution in [3.63, 3.8) is 0 Å². The second-order valence-electron chi connectivity index (χ2n) is 11.3. The second kappa shape index (κ2) is 15.5. The van der Waals surface area contributed by atoms with Gasteiger partial charge in [-0.3, -0.25) is 29.4 Å². The molecule has 0 radical (unpaired) electrons. The zero-order chi connectivity index (χ0) is 35.9. The van der Waals surface area contributed by atoms with Crippen LogP contribution in [0.25, 0.3) is 0 Å². The number of carbonyl (C=O) groups is 5. The zero-order valence-electron chi connectivity index (χ0n) is 25.6. The van der Waals surface area contributed by atoms with Crippen molar-refractivity contribution in [1.82, 2.24) is 21.1 Å². The minimum absolute atomic E-state index is 0.0828. The first-order valence-electron chi connectivity index (χ1n) is 13.9. The monoisotopic (exact) mass is 695 g/mol. The Morgan fingerprint density at radius 1 is 0.917 bits per heavy atom. The van der Waals surface area contributed by atoms with Gasteiger partial charge in [0.25, 0.3) is 17.7 Å². The third kappa shape index (κ3) is 9.34. The highest BCUT2D eigenvalue weighted by molar-refractivity contribution is 6.33. The molecule has 3 rings (SSSR count). The Hall–Kier alpha value is -5.38. The molecule has 17 heteroatoms. The Morgan fingerprint density at radius 3 is 2.06 bits per heavy atom. The van der Waals surface area contributed by atoms with Gasteiger partial charge in [-0.25, -0.2) is 13.8 Å². The van der Waals surface area contributed by atoms with Crippen molar-refractivity contribution in [2.75, 3.05) is 18.9 Å². The van der Waals surface area contributed by atoms with E-state index in [1.807, 2.05) is 5.43 Å². The van der Waals surface area contributed by atoms with E-state index in [0.717, 1.165) is 0 Å². The number of nitrogen functional groups attached to an aromatic ring is 1. The lowest BCUT2D eigenvalue weighted by Crippen LogP contribution is -2.57. The van der Waals surface area contributed by atoms with E-state index in [1.54, 1.807) is 26.8 Å². The Bertz CT molecular complexity index is 1700. The molecular formula is C31H30ClF4N5O7. The van der Waals surface area contributed by atoms with Crippen molar-refractivity contribution in [3.05, 3.63) is 94.0 Å². The van der Waals surface area contributed by atoms with Gasteiger partial charge in [0.15, 0.2) is 24.0 Å². The minimum atomic E-state index is -1.96. The SMILES string of the molecule is CC(C)(C)[C@H](NC(=O)c1ccc(N)c(Cl)c1)C(=O)N[C@@H](C(=O)NN(CC(=O)O)C(=O)COc1c(F)c(F)cc(F)c1F)c1ccccc1. The Balaban J connectivity index is 1.87. The Kier molecular flexibility index (Phi) is 12.0. The number of nitrogens with two attached hydrogens (primary N) is 1. The van der Waals surface area contributed by atoms with Crippen LogP contribution in [0.2, 0.25) is 5.02 Å². The first-order chi connectivity index (χ1) is 22.4. The highest BCUT2D eigenvalue weighted by Crippen LogP contribution is 2.27. The standard InChI is InChI=1S/C31H30ClF4N5O7/c1-31(2,3)27(39-28(45)16-9-10-20(37)17(32)11-16)30(47)38-25(15-7-5-4-6-8-15)29(46)40-41(13-22(43)44)21(42)14-48-26-23(35)18(33)12-19(34)24(26)36/h4-12,25,27H,13-14,37H2,1-3H3,(H,38,47)(H,39,45)(H,40,46)(H,43,44)/t25-,27-/m1/s1. The summed E-state index contributed by atoms with van der Waals surface area (Å²) in [6, 6.07) is 8.62. The molecule has 2 atom stereocenters. The number of hydrazine groups is 1. The van der Waals surface area contributed by atoms with Crippen molar-refractivity contribution < 1.29 is 51.4 Å². The van der Waals surface area contributed by atoms with E-state index in [0.29, 0.717) is 0 Å². The molecule has 4 amide bonds. The molecular weight excluding hydrogens is 666 g/mol. The number of carboxylic acids is 1. The third-order valence-corrected chi connectivity index (χ3v) is 6.93. The van der Waals surface area contributed by atoms with Crippen LogP contribution in [0.15, 0.2) is 54.6 Å². The van der Waals surface area contributed by atoms with Crippen LogP contribution in [0.1, 0.15) is 42.7 Å². The molecule has 0 aliphatic rings. The van der Waals surface area contributed by atoms with Gasteiger partial charge in [-0.2, -0.15) is 8.78 Å². The van der Waals surface area contributed by atoms with E-state index in [2.05, 4.69) is 15.4 Å². The first kappa shape index (κ1) is 37.1. The number of amides is 4. The Labute approximate surface area is 276 Å². The quantitative estimate of drug-likeness (QED) is 0.0875. The van der Waals surface area contributed by atoms with Crippen LogP contribution in [-0.4, -0.2) is 58.9 Å². The number of rotatable bonds is 11. The molecule has 0 heterocycles. The molecule has 0 unspecified atom stereocenters. The number of hydrogen-bond acceptors (Lipinski definition) is 7. The molecule has 3 aromatic carbocycles. The van der Waals surface area contributed by atoms with Crippen molar-refractivity contribution >= 4 is 46.9 Å². The van der Waals surface area contributed by atoms with Crippen molar-refractivity contribution in [1.29, 1.82) is 0 Å². The summed E-state index contributed by atoms with van der Waals surface area (Å²) in [5.41, 5.74) is 7.24. The maximum absolute atomic E-state index is 14.0. The maximum atomic E-state index is 14.0. The van der Waals surface area contributed by atoms with E-state index < -0.39 is 89.3 Å². The molecule has 0 fully saturated rings. The number of hydrogen-bond donors (Lipinski definition) is 5. The summed E-state index contributed by atoms with van der Waals surface area (Å²) in [4.78, 5) is 64.6. The van der Waals surface area contributed by atoms with Crippen LogP contribution in [0.5, 0.6) is 5.75 Å². The van der Waals surface area contributed by atoms with Gasteiger partial charge in [0, 0.05) is 11.6 Å². The fraction of sp³-hybridized carbons (Fsp3) is 0.258. The molecule has 0 saturated carbocycles. The number of anilines is 1. The predicted octanol–water partition coefficient (Wildman–Crippen LogP) is 3.50. The number of carboxylic acid groups (broad SMARTS) is 1. The fourth-order valence-electron chi connectivity index (χ4n) is 4.14. The summed E-state index contributed by atoms with van der Waals surface area (Å²) < 4.78 is 59.8. The van der Waals surface area contributed by atoms with Gasteiger partial charge in [0.2, 0.25) is 17.5 Å². The first-order valence-corrected chi connectivity index (χ1v) is 14.3. The van der Waals surface area contributed by atoms with Gasteiger partial charge >= 0.3 is 5.97 Å². The number of aliphatic carboxylic acids is 1. The zero-order valence-corrected chi connectivity index (χ0v) is 26.3. The predicted molar refractivity (Wildman–Crippen MR) is 163 cm³/mol. The van der Waals surface area contributed by atoms with Crippen LogP contribution < -0.4 is 26.5 Å². The molecule has 0 saturated heterocycles. The van der Waals surface area contributed by atoms with Crippen LogP contribution in [-0.2, 0) is 19.2 Å². The van der Waals surface area contributed by atoms with Crippen LogP contribution >= 0.6 is 11.6 Å². The number of nitrogens with zero attached hydrogens (tertiary/aromatic N) is 1. The topological polar surface area (TPSA) is 180 Å². The largest absolute Gasteiger partial charge is 0.480 e. The molecule has 256 valence electrons. The summed E-state index contributed by atoms with van der Waals surface area (Å²) in [6.45, 7) is 2.31. The molecule has 3 aromatic rings. The molecule has 48 heavy (non-hydrogen) atoms.